The molecule has 1 aromatic rings. The van der Waals surface area contributed by atoms with Gasteiger partial charge in [0.1, 0.15) is 6.10 Å². The zero-order valence-electron chi connectivity index (χ0n) is 7.37. The number of hydrogen-bond acceptors (Lipinski definition) is 3. The summed E-state index contributed by atoms with van der Waals surface area (Å²) < 4.78 is 17.9. The number of phenols is 1. The lowest BCUT2D eigenvalue weighted by atomic mass is 10.1. The minimum Gasteiger partial charge on any atom is -0.505 e. The standard InChI is InChI=1S/C10H9FO3/c11-7-5-6(1-2-8(7)12)9-3-4-10(13)14-9/h1-2,5,9,12H,3-4H2. The average molecular weight is 196 g/mol. The van der Waals surface area contributed by atoms with Gasteiger partial charge in [0.2, 0.25) is 0 Å². The molecule has 3 nitrogen and oxygen atoms in total. The zero-order chi connectivity index (χ0) is 10.1. The third-order valence-corrected chi connectivity index (χ3v) is 2.23. The van der Waals surface area contributed by atoms with Crippen LogP contribution < -0.4 is 0 Å². The number of rotatable bonds is 1. The Labute approximate surface area is 80.1 Å². The zero-order valence-corrected chi connectivity index (χ0v) is 7.37. The molecule has 14 heavy (non-hydrogen) atoms. The van der Waals surface area contributed by atoms with Crippen LogP contribution in [-0.2, 0) is 9.53 Å². The van der Waals surface area contributed by atoms with Crippen molar-refractivity contribution < 1.29 is 19.0 Å². The summed E-state index contributed by atoms with van der Waals surface area (Å²) >= 11 is 0. The summed E-state index contributed by atoms with van der Waals surface area (Å²) in [5.74, 6) is -1.34. The van der Waals surface area contributed by atoms with Crippen LogP contribution in [0.3, 0.4) is 0 Å². The molecule has 1 aliphatic heterocycles. The van der Waals surface area contributed by atoms with Crippen molar-refractivity contribution in [1.82, 2.24) is 0 Å². The first-order chi connectivity index (χ1) is 6.66. The van der Waals surface area contributed by atoms with Crippen molar-refractivity contribution in [1.29, 1.82) is 0 Å². The quantitative estimate of drug-likeness (QED) is 0.698. The molecule has 0 amide bonds. The topological polar surface area (TPSA) is 46.5 Å². The Bertz CT molecular complexity index is 376. The molecule has 1 aliphatic rings. The number of phenolic OH excluding ortho intramolecular Hbond substituents is 1. The first-order valence-corrected chi connectivity index (χ1v) is 4.35. The summed E-state index contributed by atoms with van der Waals surface area (Å²) in [5, 5.41) is 8.96. The van der Waals surface area contributed by atoms with E-state index >= 15 is 0 Å². The number of hydrogen-bond donors (Lipinski definition) is 1. The fraction of sp³-hybridized carbons (Fsp3) is 0.300. The van der Waals surface area contributed by atoms with E-state index in [0.717, 1.165) is 0 Å². The van der Waals surface area contributed by atoms with Gasteiger partial charge in [-0.1, -0.05) is 6.07 Å². The Hall–Kier alpha value is -1.58. The molecular weight excluding hydrogens is 187 g/mol. The van der Waals surface area contributed by atoms with E-state index in [1.54, 1.807) is 6.07 Å². The smallest absolute Gasteiger partial charge is 0.306 e. The molecule has 1 N–H and O–H groups in total. The van der Waals surface area contributed by atoms with Gasteiger partial charge < -0.3 is 9.84 Å². The molecule has 1 fully saturated rings. The van der Waals surface area contributed by atoms with Crippen molar-refractivity contribution in [2.45, 2.75) is 18.9 Å². The van der Waals surface area contributed by atoms with Crippen LogP contribution >= 0.6 is 0 Å². The van der Waals surface area contributed by atoms with Gasteiger partial charge in [0.05, 0.1) is 0 Å². The Balaban J connectivity index is 2.24. The monoisotopic (exact) mass is 196 g/mol. The minimum absolute atomic E-state index is 0.261. The van der Waals surface area contributed by atoms with E-state index in [2.05, 4.69) is 0 Å². The molecule has 1 heterocycles. The normalized spacial score (nSPS) is 20.9. The molecule has 4 heteroatoms. The van der Waals surface area contributed by atoms with Crippen molar-refractivity contribution in [3.05, 3.63) is 29.6 Å². The van der Waals surface area contributed by atoms with Gasteiger partial charge in [-0.2, -0.15) is 0 Å². The predicted octanol–water partition coefficient (Wildman–Crippen LogP) is 1.91. The summed E-state index contributed by atoms with van der Waals surface area (Å²) in [6.45, 7) is 0. The molecule has 1 atom stereocenters. The number of cyclic esters (lactones) is 1. The highest BCUT2D eigenvalue weighted by molar-refractivity contribution is 5.71. The summed E-state index contributed by atoms with van der Waals surface area (Å²) in [6.07, 6.45) is 0.577. The van der Waals surface area contributed by atoms with Crippen LogP contribution in [0.4, 0.5) is 4.39 Å². The highest BCUT2D eigenvalue weighted by atomic mass is 19.1. The average Bonchev–Trinajstić information content (AvgIpc) is 2.57. The molecular formula is C10H9FO3. The van der Waals surface area contributed by atoms with Gasteiger partial charge in [0.25, 0.3) is 0 Å². The lowest BCUT2D eigenvalue weighted by molar-refractivity contribution is -0.141. The highest BCUT2D eigenvalue weighted by Gasteiger charge is 2.25. The van der Waals surface area contributed by atoms with E-state index in [1.165, 1.54) is 12.1 Å². The van der Waals surface area contributed by atoms with Crippen LogP contribution in [-0.4, -0.2) is 11.1 Å². The second kappa shape index (κ2) is 3.29. The van der Waals surface area contributed by atoms with Crippen molar-refractivity contribution in [2.75, 3.05) is 0 Å². The maximum atomic E-state index is 12.9. The maximum Gasteiger partial charge on any atom is 0.306 e. The number of carbonyl (C=O) groups is 1. The molecule has 2 rings (SSSR count). The second-order valence-corrected chi connectivity index (χ2v) is 3.23. The third-order valence-electron chi connectivity index (χ3n) is 2.23. The molecule has 1 aromatic carbocycles. The molecule has 0 aliphatic carbocycles. The summed E-state index contributed by atoms with van der Waals surface area (Å²) in [4.78, 5) is 10.8. The summed E-state index contributed by atoms with van der Waals surface area (Å²) in [5.41, 5.74) is 0.589. The van der Waals surface area contributed by atoms with Crippen LogP contribution in [0.5, 0.6) is 5.75 Å². The van der Waals surface area contributed by atoms with Gasteiger partial charge in [-0.05, 0) is 24.1 Å². The largest absolute Gasteiger partial charge is 0.505 e. The third kappa shape index (κ3) is 1.55. The van der Waals surface area contributed by atoms with Crippen molar-refractivity contribution in [3.8, 4) is 5.75 Å². The van der Waals surface area contributed by atoms with Crippen molar-refractivity contribution in [2.24, 2.45) is 0 Å². The molecule has 1 saturated heterocycles. The van der Waals surface area contributed by atoms with E-state index in [-0.39, 0.29) is 12.1 Å². The van der Waals surface area contributed by atoms with E-state index in [0.29, 0.717) is 18.4 Å². The molecule has 0 aromatic heterocycles. The SMILES string of the molecule is O=C1CCC(c2ccc(O)c(F)c2)O1. The number of esters is 1. The van der Waals surface area contributed by atoms with Crippen LogP contribution in [0.2, 0.25) is 0 Å². The fourth-order valence-electron chi connectivity index (χ4n) is 1.48. The molecule has 1 unspecified atom stereocenters. The van der Waals surface area contributed by atoms with Gasteiger partial charge in [0.15, 0.2) is 11.6 Å². The Kier molecular flexibility index (Phi) is 2.11. The number of benzene rings is 1. The van der Waals surface area contributed by atoms with E-state index in [9.17, 15) is 9.18 Å². The molecule has 0 bridgehead atoms. The molecule has 0 spiro atoms. The van der Waals surface area contributed by atoms with Gasteiger partial charge >= 0.3 is 5.97 Å². The van der Waals surface area contributed by atoms with Crippen LogP contribution in [0.1, 0.15) is 24.5 Å². The second-order valence-electron chi connectivity index (χ2n) is 3.23. The summed E-state index contributed by atoms with van der Waals surface area (Å²) in [7, 11) is 0. The van der Waals surface area contributed by atoms with E-state index in [1.807, 2.05) is 0 Å². The summed E-state index contributed by atoms with van der Waals surface area (Å²) in [6, 6.07) is 4.01. The predicted molar refractivity (Wildman–Crippen MR) is 46.1 cm³/mol. The molecule has 0 saturated carbocycles. The number of halogens is 1. The fourth-order valence-corrected chi connectivity index (χ4v) is 1.48. The molecule has 0 radical (unpaired) electrons. The Morgan fingerprint density at radius 2 is 2.29 bits per heavy atom. The Morgan fingerprint density at radius 1 is 1.50 bits per heavy atom. The van der Waals surface area contributed by atoms with Crippen LogP contribution in [0.25, 0.3) is 0 Å². The number of aromatic hydroxyl groups is 1. The van der Waals surface area contributed by atoms with Gasteiger partial charge in [-0.15, -0.1) is 0 Å². The highest BCUT2D eigenvalue weighted by Crippen LogP contribution is 2.31. The van der Waals surface area contributed by atoms with Crippen molar-refractivity contribution in [3.63, 3.8) is 0 Å². The van der Waals surface area contributed by atoms with Crippen LogP contribution in [0, 0.1) is 5.82 Å². The minimum atomic E-state index is -0.689. The van der Waals surface area contributed by atoms with E-state index < -0.39 is 11.6 Å². The van der Waals surface area contributed by atoms with Gasteiger partial charge in [-0.25, -0.2) is 4.39 Å². The number of ether oxygens (including phenoxy) is 1. The maximum absolute atomic E-state index is 12.9. The van der Waals surface area contributed by atoms with Gasteiger partial charge in [0, 0.05) is 6.42 Å². The molecule has 74 valence electrons. The van der Waals surface area contributed by atoms with E-state index in [4.69, 9.17) is 9.84 Å². The lowest BCUT2D eigenvalue weighted by Gasteiger charge is -2.09. The Morgan fingerprint density at radius 3 is 2.86 bits per heavy atom. The first kappa shape index (κ1) is 8.99. The number of carbonyl (C=O) groups excluding carboxylic acids is 1. The van der Waals surface area contributed by atoms with Crippen molar-refractivity contribution >= 4 is 5.97 Å². The van der Waals surface area contributed by atoms with Gasteiger partial charge in [-0.3, -0.25) is 4.79 Å². The lowest BCUT2D eigenvalue weighted by Crippen LogP contribution is -1.98. The van der Waals surface area contributed by atoms with Crippen LogP contribution in [0.15, 0.2) is 18.2 Å². The first-order valence-electron chi connectivity index (χ1n) is 4.35.